The number of aliphatic imine (C=N–C) groups is 1. The van der Waals surface area contributed by atoms with E-state index in [-0.39, 0.29) is 5.82 Å². The van der Waals surface area contributed by atoms with Gasteiger partial charge in [0.25, 0.3) is 0 Å². The highest BCUT2D eigenvalue weighted by atomic mass is 32.2. The summed E-state index contributed by atoms with van der Waals surface area (Å²) in [4.78, 5) is 18.4. The lowest BCUT2D eigenvalue weighted by Gasteiger charge is -2.29. The first-order valence-electron chi connectivity index (χ1n) is 7.73. The fourth-order valence-electron chi connectivity index (χ4n) is 2.49. The van der Waals surface area contributed by atoms with Gasteiger partial charge < -0.3 is 9.80 Å². The lowest BCUT2D eigenvalue weighted by molar-refractivity contribution is -0.104. The first-order valence-corrected chi connectivity index (χ1v) is 9.21. The van der Waals surface area contributed by atoms with Crippen LogP contribution in [-0.2, 0) is 15.6 Å². The maximum absolute atomic E-state index is 14.5. The highest BCUT2D eigenvalue weighted by Crippen LogP contribution is 2.26. The van der Waals surface area contributed by atoms with Crippen molar-refractivity contribution < 1.29 is 13.4 Å². The Labute approximate surface area is 144 Å². The Balaban J connectivity index is 2.18. The number of carbonyl (C=O) groups excluding carboxylic acids is 1. The number of benzene rings is 1. The number of anilines is 2. The van der Waals surface area contributed by atoms with Gasteiger partial charge >= 0.3 is 0 Å². The summed E-state index contributed by atoms with van der Waals surface area (Å²) in [5.41, 5.74) is 1.81. The van der Waals surface area contributed by atoms with Crippen LogP contribution in [0.1, 0.15) is 13.8 Å². The summed E-state index contributed by atoms with van der Waals surface area (Å²) in [7, 11) is 1.01. The molecule has 0 bridgehead atoms. The number of amidine groups is 1. The summed E-state index contributed by atoms with van der Waals surface area (Å²) in [6.45, 7) is 4.74. The van der Waals surface area contributed by atoms with Crippen molar-refractivity contribution >= 4 is 34.3 Å². The van der Waals surface area contributed by atoms with Gasteiger partial charge in [0.1, 0.15) is 17.9 Å². The Morgan fingerprint density at radius 3 is 2.58 bits per heavy atom. The van der Waals surface area contributed by atoms with E-state index in [1.54, 1.807) is 31.9 Å². The van der Waals surface area contributed by atoms with Gasteiger partial charge in [-0.3, -0.25) is 9.00 Å². The molecule has 0 saturated carbocycles. The number of hydrogen-bond acceptors (Lipinski definition) is 4. The lowest BCUT2D eigenvalue weighted by Crippen LogP contribution is -2.38. The molecule has 1 aromatic rings. The summed E-state index contributed by atoms with van der Waals surface area (Å²) >= 11 is 0. The Morgan fingerprint density at radius 2 is 2.00 bits per heavy atom. The Hall–Kier alpha value is -2.02. The summed E-state index contributed by atoms with van der Waals surface area (Å²) in [5.74, 6) is 1.51. The molecule has 0 aromatic heterocycles. The van der Waals surface area contributed by atoms with Crippen LogP contribution in [-0.4, -0.2) is 48.0 Å². The number of allylic oxidation sites excluding steroid dienone is 2. The zero-order valence-electron chi connectivity index (χ0n) is 14.2. The predicted molar refractivity (Wildman–Crippen MR) is 97.8 cm³/mol. The molecule has 1 aliphatic rings. The number of carbonyl (C=O) groups is 1. The Bertz CT molecular complexity index is 693. The van der Waals surface area contributed by atoms with Crippen molar-refractivity contribution in [2.75, 3.05) is 41.4 Å². The largest absolute Gasteiger partial charge is 0.367 e. The average Bonchev–Trinajstić information content (AvgIpc) is 2.55. The SMILES string of the molecule is CC(=N/C(C)=C\C=O)N(C)c1ccc(N2CCS(=O)CC2)c(F)c1. The quantitative estimate of drug-likeness (QED) is 0.362. The van der Waals surface area contributed by atoms with Crippen molar-refractivity contribution in [2.24, 2.45) is 4.99 Å². The van der Waals surface area contributed by atoms with Crippen LogP contribution in [0, 0.1) is 5.82 Å². The molecular formula is C17H22FN3O2S. The highest BCUT2D eigenvalue weighted by Gasteiger charge is 2.19. The van der Waals surface area contributed by atoms with Crippen molar-refractivity contribution in [2.45, 2.75) is 13.8 Å². The van der Waals surface area contributed by atoms with Crippen molar-refractivity contribution in [3.8, 4) is 0 Å². The van der Waals surface area contributed by atoms with Crippen LogP contribution in [0.15, 0.2) is 35.0 Å². The van der Waals surface area contributed by atoms with Crippen LogP contribution in [0.4, 0.5) is 15.8 Å². The van der Waals surface area contributed by atoms with Crippen LogP contribution in [0.5, 0.6) is 0 Å². The molecule has 0 aliphatic carbocycles. The number of hydrogen-bond donors (Lipinski definition) is 0. The summed E-state index contributed by atoms with van der Waals surface area (Å²) in [5, 5.41) is 0. The molecule has 0 N–H and O–H groups in total. The third kappa shape index (κ3) is 4.50. The maximum atomic E-state index is 14.5. The molecule has 1 fully saturated rings. The Kier molecular flexibility index (Phi) is 6.25. The van der Waals surface area contributed by atoms with Gasteiger partial charge in [-0.2, -0.15) is 0 Å². The predicted octanol–water partition coefficient (Wildman–Crippen LogP) is 2.35. The highest BCUT2D eigenvalue weighted by molar-refractivity contribution is 7.85. The van der Waals surface area contributed by atoms with E-state index in [1.807, 2.05) is 11.0 Å². The molecule has 0 radical (unpaired) electrons. The molecule has 130 valence electrons. The fourth-order valence-corrected chi connectivity index (χ4v) is 3.54. The van der Waals surface area contributed by atoms with Gasteiger partial charge in [-0.25, -0.2) is 9.38 Å². The second-order valence-electron chi connectivity index (χ2n) is 5.63. The minimum atomic E-state index is -0.785. The summed E-state index contributed by atoms with van der Waals surface area (Å²) in [6, 6.07) is 5.05. The molecule has 0 amide bonds. The molecule has 0 atom stereocenters. The number of halogens is 1. The molecule has 5 nitrogen and oxygen atoms in total. The van der Waals surface area contributed by atoms with E-state index in [0.29, 0.717) is 53.8 Å². The lowest BCUT2D eigenvalue weighted by atomic mass is 10.2. The molecule has 1 saturated heterocycles. The molecule has 1 heterocycles. The molecule has 2 rings (SSSR count). The molecule has 7 heteroatoms. The van der Waals surface area contributed by atoms with E-state index in [0.717, 1.165) is 0 Å². The van der Waals surface area contributed by atoms with E-state index < -0.39 is 10.8 Å². The maximum Gasteiger partial charge on any atom is 0.148 e. The second-order valence-corrected chi connectivity index (χ2v) is 7.33. The number of nitrogens with zero attached hydrogens (tertiary/aromatic N) is 3. The molecule has 0 unspecified atom stereocenters. The van der Waals surface area contributed by atoms with Crippen molar-refractivity contribution in [3.63, 3.8) is 0 Å². The zero-order chi connectivity index (χ0) is 17.7. The van der Waals surface area contributed by atoms with Gasteiger partial charge in [0.2, 0.25) is 0 Å². The van der Waals surface area contributed by atoms with E-state index in [4.69, 9.17) is 0 Å². The molecule has 24 heavy (non-hydrogen) atoms. The van der Waals surface area contributed by atoms with Gasteiger partial charge in [0.05, 0.1) is 5.69 Å². The normalized spacial score (nSPS) is 17.1. The minimum absolute atomic E-state index is 0.306. The molecule has 0 spiro atoms. The second kappa shape index (κ2) is 8.19. The van der Waals surface area contributed by atoms with Gasteiger partial charge in [-0.15, -0.1) is 0 Å². The van der Waals surface area contributed by atoms with E-state index in [2.05, 4.69) is 4.99 Å². The first-order chi connectivity index (χ1) is 11.4. The topological polar surface area (TPSA) is 53.0 Å². The molecule has 1 aliphatic heterocycles. The Morgan fingerprint density at radius 1 is 1.33 bits per heavy atom. The standard InChI is InChI=1S/C17H22FN3O2S/c1-13(6-9-22)19-14(2)20(3)15-4-5-17(16(18)12-15)21-7-10-24(23)11-8-21/h4-6,9,12H,7-8,10-11H2,1-3H3/b13-6-,19-14?. The minimum Gasteiger partial charge on any atom is -0.367 e. The van der Waals surface area contributed by atoms with Crippen LogP contribution in [0.3, 0.4) is 0 Å². The molecule has 1 aromatic carbocycles. The summed E-state index contributed by atoms with van der Waals surface area (Å²) in [6.07, 6.45) is 2.06. The fraction of sp³-hybridized carbons (Fsp3) is 0.412. The number of aldehydes is 1. The van der Waals surface area contributed by atoms with Crippen LogP contribution >= 0.6 is 0 Å². The monoisotopic (exact) mass is 351 g/mol. The van der Waals surface area contributed by atoms with Crippen LogP contribution in [0.25, 0.3) is 0 Å². The van der Waals surface area contributed by atoms with Crippen LogP contribution < -0.4 is 9.80 Å². The smallest absolute Gasteiger partial charge is 0.148 e. The molecular weight excluding hydrogens is 329 g/mol. The summed E-state index contributed by atoms with van der Waals surface area (Å²) < 4.78 is 25.9. The van der Waals surface area contributed by atoms with Crippen LogP contribution in [0.2, 0.25) is 0 Å². The van der Waals surface area contributed by atoms with E-state index in [1.165, 1.54) is 12.1 Å². The first kappa shape index (κ1) is 18.3. The third-order valence-electron chi connectivity index (χ3n) is 3.97. The van der Waals surface area contributed by atoms with Gasteiger partial charge in [0, 0.05) is 53.8 Å². The van der Waals surface area contributed by atoms with Crippen molar-refractivity contribution in [3.05, 3.63) is 35.8 Å². The zero-order valence-corrected chi connectivity index (χ0v) is 15.0. The van der Waals surface area contributed by atoms with Gasteiger partial charge in [0.15, 0.2) is 0 Å². The van der Waals surface area contributed by atoms with Crippen molar-refractivity contribution in [1.82, 2.24) is 0 Å². The number of rotatable bonds is 4. The van der Waals surface area contributed by atoms with E-state index >= 15 is 0 Å². The van der Waals surface area contributed by atoms with Crippen molar-refractivity contribution in [1.29, 1.82) is 0 Å². The average molecular weight is 351 g/mol. The third-order valence-corrected chi connectivity index (χ3v) is 5.25. The van der Waals surface area contributed by atoms with Gasteiger partial charge in [-0.1, -0.05) is 0 Å². The van der Waals surface area contributed by atoms with E-state index in [9.17, 15) is 13.4 Å². The van der Waals surface area contributed by atoms with Gasteiger partial charge in [-0.05, 0) is 38.1 Å².